The Labute approximate surface area is 175 Å². The Balaban J connectivity index is 1.47. The van der Waals surface area contributed by atoms with E-state index >= 15 is 0 Å². The molecule has 0 radical (unpaired) electrons. The first-order valence-corrected chi connectivity index (χ1v) is 10.4. The molecule has 1 saturated heterocycles. The first kappa shape index (κ1) is 19.3. The molecule has 6 nitrogen and oxygen atoms in total. The molecule has 2 aliphatic carbocycles. The average Bonchev–Trinajstić information content (AvgIpc) is 2.75. The van der Waals surface area contributed by atoms with E-state index < -0.39 is 12.2 Å². The van der Waals surface area contributed by atoms with E-state index in [0.29, 0.717) is 11.5 Å². The van der Waals surface area contributed by atoms with Crippen molar-refractivity contribution in [3.63, 3.8) is 0 Å². The van der Waals surface area contributed by atoms with Gasteiger partial charge in [-0.3, -0.25) is 0 Å². The standard InChI is InChI=1S/C24H26O6/c1-29-24-15-8-9-17-21(27)16-7-4-13(12-2-5-14(25)6-3-12)10-20(16)30-23(17)18(15)11-19(26)22(24)28/h2-3,5-6,8-9,11,13,16-17,20-21,23,25-28H,4,7,10H2,1H3/t13-,16+,17+,20+,21-,23-/m1/s1. The van der Waals surface area contributed by atoms with Gasteiger partial charge < -0.3 is 29.9 Å². The van der Waals surface area contributed by atoms with E-state index in [-0.39, 0.29) is 40.9 Å². The van der Waals surface area contributed by atoms with Crippen LogP contribution < -0.4 is 4.74 Å². The second-order valence-corrected chi connectivity index (χ2v) is 8.57. The lowest BCUT2D eigenvalue weighted by molar-refractivity contribution is -0.177. The van der Waals surface area contributed by atoms with Gasteiger partial charge in [-0.2, -0.15) is 0 Å². The highest BCUT2D eigenvalue weighted by molar-refractivity contribution is 5.71. The van der Waals surface area contributed by atoms with Gasteiger partial charge in [0.05, 0.1) is 25.4 Å². The Hall–Kier alpha value is -2.70. The molecule has 1 saturated carbocycles. The minimum atomic E-state index is -0.541. The summed E-state index contributed by atoms with van der Waals surface area (Å²) in [5, 5.41) is 41.1. The lowest BCUT2D eigenvalue weighted by Gasteiger charge is -2.49. The van der Waals surface area contributed by atoms with Gasteiger partial charge in [0, 0.05) is 17.4 Å². The summed E-state index contributed by atoms with van der Waals surface area (Å²) in [6.07, 6.45) is 5.31. The SMILES string of the molecule is COc1c(O)c(O)cc2c1C=C[C@H]1[C@H](O)[C@H]3CC[C@@H](c4ccc(O)cc4)C[C@@H]3O[C@@H]21. The smallest absolute Gasteiger partial charge is 0.201 e. The Morgan fingerprint density at radius 2 is 1.83 bits per heavy atom. The highest BCUT2D eigenvalue weighted by Crippen LogP contribution is 2.53. The molecule has 4 N–H and O–H groups in total. The first-order valence-electron chi connectivity index (χ1n) is 10.4. The number of methoxy groups -OCH3 is 1. The lowest BCUT2D eigenvalue weighted by atomic mass is 9.68. The van der Waals surface area contributed by atoms with Crippen LogP contribution in [0.2, 0.25) is 0 Å². The summed E-state index contributed by atoms with van der Waals surface area (Å²) in [7, 11) is 1.45. The molecule has 0 bridgehead atoms. The number of fused-ring (bicyclic) bond motifs is 4. The Bertz CT molecular complexity index is 982. The molecule has 6 atom stereocenters. The van der Waals surface area contributed by atoms with Gasteiger partial charge in [0.1, 0.15) is 5.75 Å². The third-order valence-electron chi connectivity index (χ3n) is 7.01. The van der Waals surface area contributed by atoms with Crippen molar-refractivity contribution >= 4 is 6.08 Å². The van der Waals surface area contributed by atoms with Gasteiger partial charge in [-0.25, -0.2) is 0 Å². The zero-order valence-corrected chi connectivity index (χ0v) is 16.7. The van der Waals surface area contributed by atoms with Crippen LogP contribution in [0.5, 0.6) is 23.0 Å². The molecule has 2 aromatic carbocycles. The molecule has 1 aliphatic heterocycles. The number of rotatable bonds is 2. The number of aliphatic hydroxyl groups excluding tert-OH is 1. The van der Waals surface area contributed by atoms with Crippen LogP contribution in [0.3, 0.4) is 0 Å². The molecule has 2 aromatic rings. The normalized spacial score (nSPS) is 32.1. The molecule has 6 heteroatoms. The molecule has 0 aromatic heterocycles. The minimum absolute atomic E-state index is 0.0541. The Kier molecular flexibility index (Phi) is 4.64. The highest BCUT2D eigenvalue weighted by atomic mass is 16.5. The summed E-state index contributed by atoms with van der Waals surface area (Å²) >= 11 is 0. The van der Waals surface area contributed by atoms with Crippen molar-refractivity contribution < 1.29 is 29.9 Å². The summed E-state index contributed by atoms with van der Waals surface area (Å²) in [6, 6.07) is 8.83. The van der Waals surface area contributed by atoms with E-state index in [4.69, 9.17) is 9.47 Å². The van der Waals surface area contributed by atoms with Gasteiger partial charge in [-0.05, 0) is 54.5 Å². The van der Waals surface area contributed by atoms with Crippen molar-refractivity contribution in [2.45, 2.75) is 43.5 Å². The van der Waals surface area contributed by atoms with Crippen molar-refractivity contribution in [3.05, 3.63) is 53.1 Å². The molecule has 0 unspecified atom stereocenters. The number of ether oxygens (including phenoxy) is 2. The fraction of sp³-hybridized carbons (Fsp3) is 0.417. The summed E-state index contributed by atoms with van der Waals surface area (Å²) in [5.74, 6) is 0.0601. The van der Waals surface area contributed by atoms with Crippen LogP contribution in [0.25, 0.3) is 6.08 Å². The van der Waals surface area contributed by atoms with Crippen LogP contribution in [0.4, 0.5) is 0 Å². The summed E-state index contributed by atoms with van der Waals surface area (Å²) in [6.45, 7) is 0. The van der Waals surface area contributed by atoms with Crippen LogP contribution >= 0.6 is 0 Å². The molecule has 0 spiro atoms. The molecule has 1 heterocycles. The van der Waals surface area contributed by atoms with Crippen LogP contribution in [-0.4, -0.2) is 39.7 Å². The van der Waals surface area contributed by atoms with E-state index in [9.17, 15) is 20.4 Å². The molecule has 158 valence electrons. The van der Waals surface area contributed by atoms with Crippen LogP contribution in [0, 0.1) is 11.8 Å². The third-order valence-corrected chi connectivity index (χ3v) is 7.01. The zero-order chi connectivity index (χ0) is 21.0. The molecular formula is C24H26O6. The Morgan fingerprint density at radius 3 is 2.57 bits per heavy atom. The predicted octanol–water partition coefficient (Wildman–Crippen LogP) is 3.84. The largest absolute Gasteiger partial charge is 0.508 e. The van der Waals surface area contributed by atoms with Crippen LogP contribution in [-0.2, 0) is 4.74 Å². The van der Waals surface area contributed by atoms with Gasteiger partial charge in [-0.1, -0.05) is 24.3 Å². The third kappa shape index (κ3) is 2.94. The fourth-order valence-electron chi connectivity index (χ4n) is 5.48. The maximum Gasteiger partial charge on any atom is 0.201 e. The number of benzene rings is 2. The topological polar surface area (TPSA) is 99.4 Å². The van der Waals surface area contributed by atoms with Gasteiger partial charge in [0.2, 0.25) is 5.75 Å². The van der Waals surface area contributed by atoms with Gasteiger partial charge >= 0.3 is 0 Å². The van der Waals surface area contributed by atoms with Gasteiger partial charge in [0.15, 0.2) is 11.5 Å². The lowest BCUT2D eigenvalue weighted by Crippen LogP contribution is -2.49. The second kappa shape index (κ2) is 7.22. The summed E-state index contributed by atoms with van der Waals surface area (Å²) < 4.78 is 11.9. The van der Waals surface area contributed by atoms with E-state index in [0.717, 1.165) is 24.8 Å². The van der Waals surface area contributed by atoms with Gasteiger partial charge in [0.25, 0.3) is 0 Å². The molecule has 3 aliphatic rings. The average molecular weight is 410 g/mol. The van der Waals surface area contributed by atoms with Crippen molar-refractivity contribution in [1.82, 2.24) is 0 Å². The van der Waals surface area contributed by atoms with E-state index in [1.807, 2.05) is 24.3 Å². The predicted molar refractivity (Wildman–Crippen MR) is 111 cm³/mol. The molecule has 5 rings (SSSR count). The van der Waals surface area contributed by atoms with Crippen molar-refractivity contribution in [2.24, 2.45) is 11.8 Å². The van der Waals surface area contributed by atoms with E-state index in [1.165, 1.54) is 18.7 Å². The number of phenols is 3. The van der Waals surface area contributed by atoms with E-state index in [1.54, 1.807) is 12.1 Å². The molecule has 0 amide bonds. The number of hydrogen-bond acceptors (Lipinski definition) is 6. The number of aliphatic hydroxyl groups is 1. The maximum absolute atomic E-state index is 11.2. The van der Waals surface area contributed by atoms with Crippen molar-refractivity contribution in [2.75, 3.05) is 7.11 Å². The fourth-order valence-corrected chi connectivity index (χ4v) is 5.48. The second-order valence-electron chi connectivity index (χ2n) is 8.57. The van der Waals surface area contributed by atoms with Gasteiger partial charge in [-0.15, -0.1) is 0 Å². The molecule has 2 fully saturated rings. The monoisotopic (exact) mass is 410 g/mol. The van der Waals surface area contributed by atoms with E-state index in [2.05, 4.69) is 0 Å². The minimum Gasteiger partial charge on any atom is -0.508 e. The Morgan fingerprint density at radius 1 is 1.07 bits per heavy atom. The highest BCUT2D eigenvalue weighted by Gasteiger charge is 2.48. The molecular weight excluding hydrogens is 384 g/mol. The maximum atomic E-state index is 11.2. The number of hydrogen-bond donors (Lipinski definition) is 4. The van der Waals surface area contributed by atoms with Crippen molar-refractivity contribution in [3.8, 4) is 23.0 Å². The summed E-state index contributed by atoms with van der Waals surface area (Å²) in [4.78, 5) is 0. The van der Waals surface area contributed by atoms with Crippen molar-refractivity contribution in [1.29, 1.82) is 0 Å². The first-order chi connectivity index (χ1) is 14.5. The van der Waals surface area contributed by atoms with Crippen LogP contribution in [0.1, 0.15) is 48.0 Å². The number of phenolic OH excluding ortho intramolecular Hbond substituents is 3. The quantitative estimate of drug-likeness (QED) is 0.562. The summed E-state index contributed by atoms with van der Waals surface area (Å²) in [5.41, 5.74) is 2.56. The van der Waals surface area contributed by atoms with Crippen LogP contribution in [0.15, 0.2) is 36.4 Å². The zero-order valence-electron chi connectivity index (χ0n) is 16.7. The number of aromatic hydroxyl groups is 3. The molecule has 30 heavy (non-hydrogen) atoms.